The number of carbonyl (C=O) groups excluding carboxylic acids is 2. The van der Waals surface area contributed by atoms with Crippen LogP contribution in [0.5, 0.6) is 0 Å². The number of piperidine rings is 1. The Balaban J connectivity index is 1.47. The predicted molar refractivity (Wildman–Crippen MR) is 114 cm³/mol. The first kappa shape index (κ1) is 19.5. The number of fused-ring (bicyclic) bond motifs is 1. The fourth-order valence-corrected chi connectivity index (χ4v) is 4.92. The van der Waals surface area contributed by atoms with Gasteiger partial charge >= 0.3 is 0 Å². The second kappa shape index (κ2) is 7.65. The molecule has 5 rings (SSSR count). The van der Waals surface area contributed by atoms with Crippen LogP contribution < -0.4 is 0 Å². The Labute approximate surface area is 180 Å². The second-order valence-electron chi connectivity index (χ2n) is 8.43. The van der Waals surface area contributed by atoms with Crippen molar-refractivity contribution in [3.05, 3.63) is 83.5 Å². The smallest absolute Gasteiger partial charge is 0.253 e. The first-order valence-electron chi connectivity index (χ1n) is 10.6. The fourth-order valence-electron chi connectivity index (χ4n) is 4.92. The molecule has 3 heterocycles. The highest BCUT2D eigenvalue weighted by molar-refractivity contribution is 5.95. The van der Waals surface area contributed by atoms with E-state index in [0.29, 0.717) is 49.0 Å². The van der Waals surface area contributed by atoms with Gasteiger partial charge in [-0.2, -0.15) is 4.98 Å². The van der Waals surface area contributed by atoms with Gasteiger partial charge < -0.3 is 14.3 Å². The summed E-state index contributed by atoms with van der Waals surface area (Å²) in [6, 6.07) is 18.6. The van der Waals surface area contributed by atoms with Crippen LogP contribution in [0.2, 0.25) is 0 Å². The Morgan fingerprint density at radius 1 is 0.935 bits per heavy atom. The lowest BCUT2D eigenvalue weighted by atomic mass is 9.73. The molecule has 2 aliphatic rings. The average Bonchev–Trinajstić information content (AvgIpc) is 3.43. The van der Waals surface area contributed by atoms with Crippen LogP contribution in [0.4, 0.5) is 0 Å². The van der Waals surface area contributed by atoms with Crippen LogP contribution in [-0.4, -0.2) is 57.9 Å². The summed E-state index contributed by atoms with van der Waals surface area (Å²) in [7, 11) is 0. The van der Waals surface area contributed by atoms with Crippen LogP contribution in [0.25, 0.3) is 0 Å². The molecule has 0 spiro atoms. The Morgan fingerprint density at radius 3 is 2.10 bits per heavy atom. The molecule has 158 valence electrons. The van der Waals surface area contributed by atoms with Crippen molar-refractivity contribution < 1.29 is 14.1 Å². The van der Waals surface area contributed by atoms with E-state index in [4.69, 9.17) is 4.52 Å². The van der Waals surface area contributed by atoms with Gasteiger partial charge in [-0.3, -0.25) is 9.59 Å². The summed E-state index contributed by atoms with van der Waals surface area (Å²) in [6.45, 7) is 3.94. The zero-order valence-corrected chi connectivity index (χ0v) is 17.4. The highest BCUT2D eigenvalue weighted by atomic mass is 16.5. The first-order chi connectivity index (χ1) is 15.1. The minimum atomic E-state index is -0.561. The van der Waals surface area contributed by atoms with Gasteiger partial charge in [0.05, 0.1) is 5.41 Å². The van der Waals surface area contributed by atoms with Crippen molar-refractivity contribution in [3.8, 4) is 0 Å². The Morgan fingerprint density at radius 2 is 1.52 bits per heavy atom. The number of aryl methyl sites for hydroxylation is 1. The SMILES string of the molecule is Cc1noc([C@]23CN(C(=O)c4ccccc4)CC[C@H]2CN(C(=O)c2ccccc2)C3)n1. The maximum atomic E-state index is 13.2. The molecule has 2 fully saturated rings. The molecule has 1 aromatic heterocycles. The van der Waals surface area contributed by atoms with Crippen molar-refractivity contribution in [2.24, 2.45) is 5.92 Å². The highest BCUT2D eigenvalue weighted by Gasteiger charge is 2.56. The second-order valence-corrected chi connectivity index (χ2v) is 8.43. The van der Waals surface area contributed by atoms with Crippen LogP contribution in [0, 0.1) is 12.8 Å². The van der Waals surface area contributed by atoms with Gasteiger partial charge in [0.2, 0.25) is 5.89 Å². The number of carbonyl (C=O) groups is 2. The van der Waals surface area contributed by atoms with E-state index in [1.807, 2.05) is 70.5 Å². The minimum absolute atomic E-state index is 0.00783. The van der Waals surface area contributed by atoms with E-state index in [-0.39, 0.29) is 17.7 Å². The molecule has 0 radical (unpaired) electrons. The van der Waals surface area contributed by atoms with E-state index in [0.717, 1.165) is 6.42 Å². The number of aromatic nitrogens is 2. The van der Waals surface area contributed by atoms with Gasteiger partial charge in [-0.15, -0.1) is 0 Å². The normalized spacial score (nSPS) is 22.9. The Hall–Kier alpha value is -3.48. The molecule has 2 aromatic carbocycles. The van der Waals surface area contributed by atoms with E-state index in [9.17, 15) is 9.59 Å². The minimum Gasteiger partial charge on any atom is -0.339 e. The molecule has 2 aliphatic heterocycles. The lowest BCUT2D eigenvalue weighted by molar-refractivity contribution is 0.0536. The summed E-state index contributed by atoms with van der Waals surface area (Å²) in [4.78, 5) is 34.6. The van der Waals surface area contributed by atoms with Crippen molar-refractivity contribution in [2.75, 3.05) is 26.2 Å². The molecule has 0 bridgehead atoms. The average molecular weight is 416 g/mol. The van der Waals surface area contributed by atoms with Gasteiger partial charge in [-0.25, -0.2) is 0 Å². The molecule has 0 aliphatic carbocycles. The number of amides is 2. The summed E-state index contributed by atoms with van der Waals surface area (Å²) in [6.07, 6.45) is 0.776. The molecular weight excluding hydrogens is 392 g/mol. The summed E-state index contributed by atoms with van der Waals surface area (Å²) in [5, 5.41) is 4.01. The molecule has 7 heteroatoms. The molecule has 3 aromatic rings. The van der Waals surface area contributed by atoms with Gasteiger partial charge in [0.15, 0.2) is 5.82 Å². The van der Waals surface area contributed by atoms with E-state index in [1.165, 1.54) is 0 Å². The molecule has 31 heavy (non-hydrogen) atoms. The van der Waals surface area contributed by atoms with E-state index >= 15 is 0 Å². The van der Waals surface area contributed by atoms with Crippen molar-refractivity contribution >= 4 is 11.8 Å². The maximum Gasteiger partial charge on any atom is 0.253 e. The van der Waals surface area contributed by atoms with Gasteiger partial charge in [-0.1, -0.05) is 41.6 Å². The Bertz CT molecular complexity index is 1050. The van der Waals surface area contributed by atoms with Crippen LogP contribution in [0.15, 0.2) is 65.2 Å². The van der Waals surface area contributed by atoms with E-state index < -0.39 is 5.41 Å². The van der Waals surface area contributed by atoms with Crippen molar-refractivity contribution in [2.45, 2.75) is 18.8 Å². The lowest BCUT2D eigenvalue weighted by Gasteiger charge is -2.41. The highest BCUT2D eigenvalue weighted by Crippen LogP contribution is 2.44. The molecular formula is C24H24N4O3. The molecule has 2 atom stereocenters. The Kier molecular flexibility index (Phi) is 4.81. The van der Waals surface area contributed by atoms with E-state index in [1.54, 1.807) is 6.92 Å². The third kappa shape index (κ3) is 3.40. The van der Waals surface area contributed by atoms with E-state index in [2.05, 4.69) is 10.1 Å². The van der Waals surface area contributed by atoms with Gasteiger partial charge in [0.25, 0.3) is 11.8 Å². The third-order valence-electron chi connectivity index (χ3n) is 6.49. The lowest BCUT2D eigenvalue weighted by Crippen LogP contribution is -2.53. The third-order valence-corrected chi connectivity index (χ3v) is 6.49. The monoisotopic (exact) mass is 416 g/mol. The molecule has 0 saturated carbocycles. The standard InChI is InChI=1S/C24H24N4O3/c1-17-25-23(31-26-17)24-15-27(21(29)18-8-4-2-5-9-18)13-12-20(24)14-28(16-24)22(30)19-10-6-3-7-11-19/h2-11,20H,12-16H2,1H3/t20-,24-/m0/s1. The quantitative estimate of drug-likeness (QED) is 0.656. The largest absolute Gasteiger partial charge is 0.339 e. The van der Waals surface area contributed by atoms with Crippen LogP contribution in [0.1, 0.15) is 38.9 Å². The topological polar surface area (TPSA) is 79.5 Å². The number of rotatable bonds is 3. The van der Waals surface area contributed by atoms with Crippen LogP contribution in [-0.2, 0) is 5.41 Å². The summed E-state index contributed by atoms with van der Waals surface area (Å²) in [5.41, 5.74) is 0.761. The predicted octanol–water partition coefficient (Wildman–Crippen LogP) is 2.93. The van der Waals surface area contributed by atoms with Gasteiger partial charge in [0, 0.05) is 37.3 Å². The molecule has 7 nitrogen and oxygen atoms in total. The van der Waals surface area contributed by atoms with Crippen molar-refractivity contribution in [1.29, 1.82) is 0 Å². The molecule has 2 saturated heterocycles. The first-order valence-corrected chi connectivity index (χ1v) is 10.6. The molecule has 2 amide bonds. The van der Waals surface area contributed by atoms with Crippen LogP contribution in [0.3, 0.4) is 0 Å². The number of hydrogen-bond acceptors (Lipinski definition) is 5. The van der Waals surface area contributed by atoms with Gasteiger partial charge in [0.1, 0.15) is 0 Å². The van der Waals surface area contributed by atoms with Crippen molar-refractivity contribution in [3.63, 3.8) is 0 Å². The summed E-state index contributed by atoms with van der Waals surface area (Å²) < 4.78 is 5.64. The zero-order valence-electron chi connectivity index (χ0n) is 17.4. The number of likely N-dealkylation sites (tertiary alicyclic amines) is 2. The number of benzene rings is 2. The fraction of sp³-hybridized carbons (Fsp3) is 0.333. The summed E-state index contributed by atoms with van der Waals surface area (Å²) in [5.74, 6) is 1.21. The molecule has 0 unspecified atom stereocenters. The zero-order chi connectivity index (χ0) is 21.4. The van der Waals surface area contributed by atoms with Gasteiger partial charge in [-0.05, 0) is 43.5 Å². The van der Waals surface area contributed by atoms with Crippen molar-refractivity contribution in [1.82, 2.24) is 19.9 Å². The maximum absolute atomic E-state index is 13.2. The summed E-state index contributed by atoms with van der Waals surface area (Å²) >= 11 is 0. The number of nitrogens with zero attached hydrogens (tertiary/aromatic N) is 4. The number of hydrogen-bond donors (Lipinski definition) is 0. The van der Waals surface area contributed by atoms with Crippen LogP contribution >= 0.6 is 0 Å². The molecule has 0 N–H and O–H groups in total.